The molecule has 0 aliphatic carbocycles. The van der Waals surface area contributed by atoms with Gasteiger partial charge in [-0.3, -0.25) is 34.6 Å². The zero-order chi connectivity index (χ0) is 28.8. The van der Waals surface area contributed by atoms with Crippen molar-refractivity contribution in [3.8, 4) is 0 Å². The highest BCUT2D eigenvalue weighted by atomic mass is 16.6. The van der Waals surface area contributed by atoms with Crippen LogP contribution in [0.5, 0.6) is 0 Å². The van der Waals surface area contributed by atoms with E-state index in [-0.39, 0.29) is 17.7 Å². The lowest BCUT2D eigenvalue weighted by molar-refractivity contribution is -0.393. The number of hydrogen-bond donors (Lipinski definition) is 4. The van der Waals surface area contributed by atoms with E-state index in [2.05, 4.69) is 20.9 Å². The van der Waals surface area contributed by atoms with E-state index in [1.165, 1.54) is 6.07 Å². The third-order valence-corrected chi connectivity index (χ3v) is 6.08. The van der Waals surface area contributed by atoms with Crippen molar-refractivity contribution in [2.24, 2.45) is 0 Å². The number of nitro groups is 2. The Kier molecular flexibility index (Phi) is 8.13. The Balaban J connectivity index is 1.50. The summed E-state index contributed by atoms with van der Waals surface area (Å²) in [6.07, 6.45) is 0.152. The van der Waals surface area contributed by atoms with E-state index in [1.807, 2.05) is 6.07 Å². The molecule has 40 heavy (non-hydrogen) atoms. The standard InChI is InChI=1S/C27H24N6O7/c1-16-11-25(34)30-22-13-18(7-9-20(16)22)29-27(36)23(12-17-5-3-2-4-6-17)31-26(35)15-28-21-10-8-19(32(37)38)14-24(21)33(39)40/h2-11,13-14,23,28H,12,15H2,1H3,(H,29,36)(H,30,34)(H,31,35)/t23-/m0/s1. The van der Waals surface area contributed by atoms with E-state index in [9.17, 15) is 34.6 Å². The van der Waals surface area contributed by atoms with E-state index < -0.39 is 45.6 Å². The molecule has 1 atom stereocenters. The summed E-state index contributed by atoms with van der Waals surface area (Å²) in [6.45, 7) is 1.37. The van der Waals surface area contributed by atoms with Crippen molar-refractivity contribution < 1.29 is 19.4 Å². The van der Waals surface area contributed by atoms with Gasteiger partial charge in [0.25, 0.3) is 11.4 Å². The average molecular weight is 545 g/mol. The minimum atomic E-state index is -1.02. The molecular formula is C27H24N6O7. The summed E-state index contributed by atoms with van der Waals surface area (Å²) in [5, 5.41) is 31.2. The highest BCUT2D eigenvalue weighted by molar-refractivity contribution is 5.99. The zero-order valence-electron chi connectivity index (χ0n) is 21.2. The van der Waals surface area contributed by atoms with Gasteiger partial charge in [-0.15, -0.1) is 0 Å². The lowest BCUT2D eigenvalue weighted by Gasteiger charge is -2.19. The summed E-state index contributed by atoms with van der Waals surface area (Å²) in [7, 11) is 0. The molecule has 0 bridgehead atoms. The van der Waals surface area contributed by atoms with Crippen molar-refractivity contribution in [2.45, 2.75) is 19.4 Å². The van der Waals surface area contributed by atoms with Crippen LogP contribution in [0.3, 0.4) is 0 Å². The van der Waals surface area contributed by atoms with E-state index in [4.69, 9.17) is 0 Å². The molecule has 4 aromatic rings. The van der Waals surface area contributed by atoms with Gasteiger partial charge in [-0.1, -0.05) is 36.4 Å². The predicted octanol–water partition coefficient (Wildman–Crippen LogP) is 3.43. The molecule has 0 saturated carbocycles. The van der Waals surface area contributed by atoms with Crippen molar-refractivity contribution >= 4 is 45.5 Å². The molecule has 0 fully saturated rings. The molecule has 0 radical (unpaired) electrons. The molecule has 0 saturated heterocycles. The monoisotopic (exact) mass is 544 g/mol. The number of anilines is 2. The number of carbonyl (C=O) groups excluding carboxylic acids is 2. The summed E-state index contributed by atoms with van der Waals surface area (Å²) in [4.78, 5) is 61.5. The average Bonchev–Trinajstić information content (AvgIpc) is 2.91. The number of nitrogens with one attached hydrogen (secondary N) is 4. The number of hydrogen-bond acceptors (Lipinski definition) is 8. The number of aromatic amines is 1. The van der Waals surface area contributed by atoms with Crippen LogP contribution in [0, 0.1) is 27.2 Å². The topological polar surface area (TPSA) is 189 Å². The van der Waals surface area contributed by atoms with Gasteiger partial charge in [0.15, 0.2) is 0 Å². The fourth-order valence-electron chi connectivity index (χ4n) is 4.16. The van der Waals surface area contributed by atoms with E-state index in [0.29, 0.717) is 11.2 Å². The number of nitro benzene ring substituents is 2. The number of aromatic nitrogens is 1. The number of aryl methyl sites for hydroxylation is 1. The summed E-state index contributed by atoms with van der Waals surface area (Å²) >= 11 is 0. The van der Waals surface area contributed by atoms with E-state index in [1.54, 1.807) is 49.4 Å². The first-order valence-electron chi connectivity index (χ1n) is 12.1. The van der Waals surface area contributed by atoms with Crippen molar-refractivity contribution in [1.29, 1.82) is 0 Å². The maximum Gasteiger partial charge on any atom is 0.299 e. The van der Waals surface area contributed by atoms with Crippen LogP contribution in [-0.4, -0.2) is 39.2 Å². The molecule has 0 spiro atoms. The van der Waals surface area contributed by atoms with Gasteiger partial charge in [-0.05, 0) is 36.2 Å². The first-order valence-corrected chi connectivity index (χ1v) is 12.1. The zero-order valence-corrected chi connectivity index (χ0v) is 21.2. The summed E-state index contributed by atoms with van der Waals surface area (Å²) in [5.74, 6) is -1.16. The van der Waals surface area contributed by atoms with Gasteiger partial charge in [0.2, 0.25) is 17.4 Å². The Hall–Kier alpha value is -5.59. The van der Waals surface area contributed by atoms with Crippen LogP contribution in [-0.2, 0) is 16.0 Å². The van der Waals surface area contributed by atoms with Gasteiger partial charge in [0, 0.05) is 29.6 Å². The van der Waals surface area contributed by atoms with Gasteiger partial charge in [0.05, 0.1) is 28.0 Å². The van der Waals surface area contributed by atoms with Gasteiger partial charge in [-0.25, -0.2) is 0 Å². The Morgan fingerprint density at radius 1 is 0.950 bits per heavy atom. The lowest BCUT2D eigenvalue weighted by atomic mass is 10.0. The number of carbonyl (C=O) groups is 2. The number of nitrogens with zero attached hydrogens (tertiary/aromatic N) is 2. The Morgan fingerprint density at radius 2 is 1.70 bits per heavy atom. The number of rotatable bonds is 10. The molecule has 4 rings (SSSR count). The van der Waals surface area contributed by atoms with Crippen LogP contribution in [0.15, 0.2) is 77.6 Å². The van der Waals surface area contributed by atoms with E-state index >= 15 is 0 Å². The first-order chi connectivity index (χ1) is 19.1. The van der Waals surface area contributed by atoms with Crippen LogP contribution in [0.2, 0.25) is 0 Å². The smallest absolute Gasteiger partial charge is 0.299 e. The summed E-state index contributed by atoms with van der Waals surface area (Å²) < 4.78 is 0. The second-order valence-electron chi connectivity index (χ2n) is 8.95. The van der Waals surface area contributed by atoms with Crippen LogP contribution in [0.4, 0.5) is 22.7 Å². The minimum absolute atomic E-state index is 0.0877. The Morgan fingerprint density at radius 3 is 2.40 bits per heavy atom. The Labute approximate surface area is 226 Å². The van der Waals surface area contributed by atoms with Crippen LogP contribution < -0.4 is 21.5 Å². The molecule has 13 nitrogen and oxygen atoms in total. The van der Waals surface area contributed by atoms with Crippen molar-refractivity contribution in [2.75, 3.05) is 17.2 Å². The minimum Gasteiger partial charge on any atom is -0.371 e. The molecule has 13 heteroatoms. The normalized spacial score (nSPS) is 11.4. The van der Waals surface area contributed by atoms with Crippen LogP contribution in [0.1, 0.15) is 11.1 Å². The van der Waals surface area contributed by atoms with E-state index in [0.717, 1.165) is 34.7 Å². The second-order valence-corrected chi connectivity index (χ2v) is 8.95. The number of benzene rings is 3. The largest absolute Gasteiger partial charge is 0.371 e. The molecule has 0 aliphatic heterocycles. The fourth-order valence-corrected chi connectivity index (χ4v) is 4.16. The molecule has 4 N–H and O–H groups in total. The summed E-state index contributed by atoms with van der Waals surface area (Å²) in [6, 6.07) is 17.6. The molecule has 2 amide bonds. The van der Waals surface area contributed by atoms with Crippen molar-refractivity contribution in [1.82, 2.24) is 10.3 Å². The van der Waals surface area contributed by atoms with Crippen LogP contribution >= 0.6 is 0 Å². The number of amides is 2. The third-order valence-electron chi connectivity index (χ3n) is 6.08. The maximum absolute atomic E-state index is 13.3. The number of fused-ring (bicyclic) bond motifs is 1. The second kappa shape index (κ2) is 11.9. The van der Waals surface area contributed by atoms with Gasteiger partial charge >= 0.3 is 0 Å². The highest BCUT2D eigenvalue weighted by Gasteiger charge is 2.23. The number of H-pyrrole nitrogens is 1. The SMILES string of the molecule is Cc1cc(=O)[nH]c2cc(NC(=O)[C@H](Cc3ccccc3)NC(=O)CNc3ccc([N+](=O)[O-])cc3[N+](=O)[O-])ccc12. The molecule has 3 aromatic carbocycles. The number of pyridine rings is 1. The first kappa shape index (κ1) is 27.4. The van der Waals surface area contributed by atoms with Crippen LogP contribution in [0.25, 0.3) is 10.9 Å². The van der Waals surface area contributed by atoms with Gasteiger partial charge in [-0.2, -0.15) is 0 Å². The quantitative estimate of drug-likeness (QED) is 0.172. The third kappa shape index (κ3) is 6.64. The Bertz CT molecular complexity index is 1670. The van der Waals surface area contributed by atoms with Gasteiger partial charge < -0.3 is 20.9 Å². The lowest BCUT2D eigenvalue weighted by Crippen LogP contribution is -2.47. The summed E-state index contributed by atoms with van der Waals surface area (Å²) in [5.41, 5.74) is 1.12. The van der Waals surface area contributed by atoms with Gasteiger partial charge in [0.1, 0.15) is 11.7 Å². The van der Waals surface area contributed by atoms with Crippen molar-refractivity contribution in [3.05, 3.63) is 115 Å². The highest BCUT2D eigenvalue weighted by Crippen LogP contribution is 2.28. The predicted molar refractivity (Wildman–Crippen MR) is 148 cm³/mol. The number of non-ortho nitro benzene ring substituents is 1. The molecule has 0 unspecified atom stereocenters. The maximum atomic E-state index is 13.3. The molecule has 1 heterocycles. The fraction of sp³-hybridized carbons (Fsp3) is 0.148. The molecule has 1 aromatic heterocycles. The molecule has 0 aliphatic rings. The molecular weight excluding hydrogens is 520 g/mol. The molecule has 204 valence electrons. The van der Waals surface area contributed by atoms with Crippen molar-refractivity contribution in [3.63, 3.8) is 0 Å².